The minimum absolute atomic E-state index is 0.0992. The van der Waals surface area contributed by atoms with Crippen molar-refractivity contribution in [2.45, 2.75) is 17.1 Å². The summed E-state index contributed by atoms with van der Waals surface area (Å²) >= 11 is 1.53. The molecule has 0 aliphatic heterocycles. The third-order valence-electron chi connectivity index (χ3n) is 2.22. The van der Waals surface area contributed by atoms with Gasteiger partial charge in [-0.25, -0.2) is 14.4 Å². The molecule has 17 heavy (non-hydrogen) atoms. The molecule has 0 aliphatic rings. The van der Waals surface area contributed by atoms with E-state index in [1.165, 1.54) is 23.9 Å². The lowest BCUT2D eigenvalue weighted by atomic mass is 10.3. The number of hydrogen-bond acceptors (Lipinski definition) is 4. The highest BCUT2D eigenvalue weighted by atomic mass is 32.2. The van der Waals surface area contributed by atoms with Gasteiger partial charge in [0.2, 0.25) is 5.95 Å². The predicted molar refractivity (Wildman–Crippen MR) is 67.1 cm³/mol. The van der Waals surface area contributed by atoms with Crippen LogP contribution in [0.2, 0.25) is 0 Å². The molecule has 0 amide bonds. The third kappa shape index (κ3) is 3.17. The molecule has 0 fully saturated rings. The molecule has 5 heteroatoms. The molecule has 0 radical (unpaired) electrons. The lowest BCUT2D eigenvalue weighted by Crippen LogP contribution is -1.99. The maximum atomic E-state index is 13.0. The van der Waals surface area contributed by atoms with Gasteiger partial charge in [0.1, 0.15) is 5.82 Å². The lowest BCUT2D eigenvalue weighted by molar-refractivity contribution is 0.624. The van der Waals surface area contributed by atoms with Crippen molar-refractivity contribution < 1.29 is 4.39 Å². The summed E-state index contributed by atoms with van der Waals surface area (Å²) < 4.78 is 13.0. The fourth-order valence-electron chi connectivity index (χ4n) is 1.42. The van der Waals surface area contributed by atoms with Gasteiger partial charge in [-0.15, -0.1) is 11.8 Å². The number of nitrogens with zero attached hydrogens (tertiary/aromatic N) is 2. The Morgan fingerprint density at radius 1 is 1.35 bits per heavy atom. The molecule has 1 heterocycles. The Morgan fingerprint density at radius 2 is 2.18 bits per heavy atom. The average molecular weight is 249 g/mol. The summed E-state index contributed by atoms with van der Waals surface area (Å²) in [7, 11) is 0. The van der Waals surface area contributed by atoms with Crippen LogP contribution in [0.1, 0.15) is 17.9 Å². The van der Waals surface area contributed by atoms with Crippen molar-refractivity contribution in [3.8, 4) is 0 Å². The average Bonchev–Trinajstić information content (AvgIpc) is 2.29. The molecule has 0 aliphatic carbocycles. The number of thioether (sulfide) groups is 1. The highest BCUT2D eigenvalue weighted by Crippen LogP contribution is 2.33. The molecule has 1 aromatic heterocycles. The van der Waals surface area contributed by atoms with Crippen LogP contribution in [-0.4, -0.2) is 9.97 Å². The standard InChI is InChI=1S/C12H12FN3S/c1-8(11-5-6-15-12(14)16-11)17-10-4-2-3-9(13)7-10/h2-8H,1H3,(H2,14,15,16). The van der Waals surface area contributed by atoms with Crippen LogP contribution in [-0.2, 0) is 0 Å². The Balaban J connectivity index is 2.14. The number of halogens is 1. The van der Waals surface area contributed by atoms with Crippen molar-refractivity contribution in [1.82, 2.24) is 9.97 Å². The quantitative estimate of drug-likeness (QED) is 0.849. The molecule has 0 bridgehead atoms. The van der Waals surface area contributed by atoms with Gasteiger partial charge in [0, 0.05) is 16.3 Å². The third-order valence-corrected chi connectivity index (χ3v) is 3.34. The Bertz CT molecular complexity index is 519. The van der Waals surface area contributed by atoms with Gasteiger partial charge >= 0.3 is 0 Å². The second-order valence-corrected chi connectivity index (χ2v) is 4.97. The Labute approximate surface area is 103 Å². The van der Waals surface area contributed by atoms with Gasteiger partial charge in [-0.1, -0.05) is 6.07 Å². The fraction of sp³-hybridized carbons (Fsp3) is 0.167. The normalized spacial score (nSPS) is 12.4. The molecular weight excluding hydrogens is 237 g/mol. The van der Waals surface area contributed by atoms with Crippen molar-refractivity contribution in [2.75, 3.05) is 5.73 Å². The van der Waals surface area contributed by atoms with E-state index in [4.69, 9.17) is 5.73 Å². The molecule has 0 spiro atoms. The van der Waals surface area contributed by atoms with Crippen molar-refractivity contribution >= 4 is 17.7 Å². The van der Waals surface area contributed by atoms with Gasteiger partial charge in [0.25, 0.3) is 0 Å². The molecule has 3 nitrogen and oxygen atoms in total. The van der Waals surface area contributed by atoms with Crippen molar-refractivity contribution in [3.05, 3.63) is 48.0 Å². The SMILES string of the molecule is CC(Sc1cccc(F)c1)c1ccnc(N)n1. The summed E-state index contributed by atoms with van der Waals surface area (Å²) in [4.78, 5) is 8.85. The first-order valence-electron chi connectivity index (χ1n) is 5.16. The summed E-state index contributed by atoms with van der Waals surface area (Å²) in [6, 6.07) is 8.31. The number of nitrogens with two attached hydrogens (primary N) is 1. The summed E-state index contributed by atoms with van der Waals surface area (Å²) in [6.07, 6.45) is 1.63. The van der Waals surface area contributed by atoms with Crippen LogP contribution in [0.5, 0.6) is 0 Å². The van der Waals surface area contributed by atoms with E-state index in [1.807, 2.05) is 19.1 Å². The highest BCUT2D eigenvalue weighted by molar-refractivity contribution is 7.99. The van der Waals surface area contributed by atoms with Crippen molar-refractivity contribution in [3.63, 3.8) is 0 Å². The van der Waals surface area contributed by atoms with Crippen LogP contribution in [0, 0.1) is 5.82 Å². The summed E-state index contributed by atoms with van der Waals surface area (Å²) in [5.74, 6) is 0.0265. The van der Waals surface area contributed by atoms with Gasteiger partial charge in [-0.2, -0.15) is 0 Å². The second-order valence-electron chi connectivity index (χ2n) is 3.56. The molecular formula is C12H12FN3S. The zero-order valence-corrected chi connectivity index (χ0v) is 10.1. The zero-order valence-electron chi connectivity index (χ0n) is 9.30. The Kier molecular flexibility index (Phi) is 3.58. The summed E-state index contributed by atoms with van der Waals surface area (Å²) in [5.41, 5.74) is 6.36. The first-order chi connectivity index (χ1) is 8.15. The van der Waals surface area contributed by atoms with E-state index in [2.05, 4.69) is 9.97 Å². The predicted octanol–water partition coefficient (Wildman–Crippen LogP) is 3.05. The first kappa shape index (κ1) is 11.9. The van der Waals surface area contributed by atoms with Gasteiger partial charge < -0.3 is 5.73 Å². The van der Waals surface area contributed by atoms with E-state index >= 15 is 0 Å². The molecule has 1 aromatic carbocycles. The second kappa shape index (κ2) is 5.14. The summed E-state index contributed by atoms with van der Waals surface area (Å²) in [5, 5.41) is 0.0992. The monoisotopic (exact) mass is 249 g/mol. The number of benzene rings is 1. The number of aromatic nitrogens is 2. The lowest BCUT2D eigenvalue weighted by Gasteiger charge is -2.10. The van der Waals surface area contributed by atoms with Crippen molar-refractivity contribution in [1.29, 1.82) is 0 Å². The van der Waals surface area contributed by atoms with Crippen molar-refractivity contribution in [2.24, 2.45) is 0 Å². The Hall–Kier alpha value is -1.62. The smallest absolute Gasteiger partial charge is 0.220 e. The van der Waals surface area contributed by atoms with Crippen LogP contribution < -0.4 is 5.73 Å². The van der Waals surface area contributed by atoms with Crippen LogP contribution in [0.3, 0.4) is 0 Å². The largest absolute Gasteiger partial charge is 0.368 e. The van der Waals surface area contributed by atoms with Crippen LogP contribution in [0.4, 0.5) is 10.3 Å². The van der Waals surface area contributed by atoms with Gasteiger partial charge in [0.15, 0.2) is 0 Å². The molecule has 2 aromatic rings. The van der Waals surface area contributed by atoms with Crippen LogP contribution in [0.25, 0.3) is 0 Å². The molecule has 0 saturated heterocycles. The number of hydrogen-bond donors (Lipinski definition) is 1. The minimum Gasteiger partial charge on any atom is -0.368 e. The van der Waals surface area contributed by atoms with E-state index < -0.39 is 0 Å². The molecule has 0 saturated carbocycles. The molecule has 1 unspecified atom stereocenters. The van der Waals surface area contributed by atoms with Gasteiger partial charge in [-0.3, -0.25) is 0 Å². The van der Waals surface area contributed by atoms with E-state index in [0.29, 0.717) is 0 Å². The Morgan fingerprint density at radius 3 is 2.88 bits per heavy atom. The molecule has 1 atom stereocenters. The minimum atomic E-state index is -0.232. The van der Waals surface area contributed by atoms with E-state index in [9.17, 15) is 4.39 Å². The number of anilines is 1. The van der Waals surface area contributed by atoms with Crippen LogP contribution in [0.15, 0.2) is 41.4 Å². The molecule has 2 rings (SSSR count). The van der Waals surface area contributed by atoms with E-state index in [0.717, 1.165) is 10.6 Å². The summed E-state index contributed by atoms with van der Waals surface area (Å²) in [6.45, 7) is 2.00. The van der Waals surface area contributed by atoms with E-state index in [1.54, 1.807) is 12.3 Å². The number of nitrogen functional groups attached to an aromatic ring is 1. The maximum absolute atomic E-state index is 13.0. The first-order valence-corrected chi connectivity index (χ1v) is 6.04. The van der Waals surface area contributed by atoms with Gasteiger partial charge in [-0.05, 0) is 31.2 Å². The topological polar surface area (TPSA) is 51.8 Å². The van der Waals surface area contributed by atoms with Gasteiger partial charge in [0.05, 0.1) is 5.69 Å². The highest BCUT2D eigenvalue weighted by Gasteiger charge is 2.09. The molecule has 88 valence electrons. The van der Waals surface area contributed by atoms with E-state index in [-0.39, 0.29) is 17.0 Å². The maximum Gasteiger partial charge on any atom is 0.220 e. The zero-order chi connectivity index (χ0) is 12.3. The number of rotatable bonds is 3. The molecule has 2 N–H and O–H groups in total. The van der Waals surface area contributed by atoms with Crippen LogP contribution >= 0.6 is 11.8 Å². The fourth-order valence-corrected chi connectivity index (χ4v) is 2.42.